The number of hydrogen-bond donors (Lipinski definition) is 0. The Bertz CT molecular complexity index is 1910. The van der Waals surface area contributed by atoms with E-state index in [-0.39, 0.29) is 0 Å². The summed E-state index contributed by atoms with van der Waals surface area (Å²) in [4.78, 5) is 14.9. The van der Waals surface area contributed by atoms with Gasteiger partial charge in [-0.3, -0.25) is 0 Å². The van der Waals surface area contributed by atoms with Crippen molar-refractivity contribution in [2.75, 3.05) is 0 Å². The molecule has 7 rings (SSSR count). The lowest BCUT2D eigenvalue weighted by molar-refractivity contribution is 0.867. The summed E-state index contributed by atoms with van der Waals surface area (Å²) in [5.41, 5.74) is 11.2. The van der Waals surface area contributed by atoms with Crippen LogP contribution in [-0.4, -0.2) is 15.0 Å². The average molecular weight is 580 g/mol. The summed E-state index contributed by atoms with van der Waals surface area (Å²) >= 11 is 0. The minimum atomic E-state index is 0.512. The van der Waals surface area contributed by atoms with Gasteiger partial charge in [0.25, 0.3) is 0 Å². The Morgan fingerprint density at radius 1 is 0.289 bits per heavy atom. The van der Waals surface area contributed by atoms with Gasteiger partial charge in [0.15, 0.2) is 17.5 Å². The molecule has 1 heterocycles. The molecule has 3 heteroatoms. The smallest absolute Gasteiger partial charge is 0.164 e. The summed E-state index contributed by atoms with van der Waals surface area (Å²) in [6.45, 7) is 4.44. The summed E-state index contributed by atoms with van der Waals surface area (Å²) < 4.78 is 0. The summed E-state index contributed by atoms with van der Waals surface area (Å²) in [5, 5.41) is 0. The SMILES string of the molecule is CC(C)c1ccc(-c2ccc(-c3nc(-c4ccc(-c5ccccc5)cc4)nc(-c4ccc(-c5ccccc5)cc4)n3)cc2)cc1. The van der Waals surface area contributed by atoms with E-state index in [1.165, 1.54) is 22.3 Å². The molecule has 0 radical (unpaired) electrons. The molecular formula is C42H33N3. The second kappa shape index (κ2) is 12.5. The third-order valence-corrected chi connectivity index (χ3v) is 8.19. The molecular weight excluding hydrogens is 546 g/mol. The van der Waals surface area contributed by atoms with Crippen molar-refractivity contribution in [3.63, 3.8) is 0 Å². The fraction of sp³-hybridized carbons (Fsp3) is 0.0714. The van der Waals surface area contributed by atoms with Crippen LogP contribution in [0.15, 0.2) is 158 Å². The summed E-state index contributed by atoms with van der Waals surface area (Å²) in [7, 11) is 0. The maximum absolute atomic E-state index is 4.98. The Morgan fingerprint density at radius 3 is 0.822 bits per heavy atom. The molecule has 0 saturated heterocycles. The second-order valence-corrected chi connectivity index (χ2v) is 11.5. The van der Waals surface area contributed by atoms with Crippen LogP contribution in [0.3, 0.4) is 0 Å². The minimum absolute atomic E-state index is 0.512. The first-order chi connectivity index (χ1) is 22.1. The molecule has 0 aliphatic carbocycles. The lowest BCUT2D eigenvalue weighted by Crippen LogP contribution is -2.00. The molecule has 0 atom stereocenters. The first-order valence-electron chi connectivity index (χ1n) is 15.4. The zero-order chi connectivity index (χ0) is 30.6. The van der Waals surface area contributed by atoms with E-state index in [4.69, 9.17) is 15.0 Å². The van der Waals surface area contributed by atoms with Gasteiger partial charge >= 0.3 is 0 Å². The van der Waals surface area contributed by atoms with E-state index in [9.17, 15) is 0 Å². The molecule has 3 nitrogen and oxygen atoms in total. The zero-order valence-corrected chi connectivity index (χ0v) is 25.4. The van der Waals surface area contributed by atoms with E-state index in [0.29, 0.717) is 23.4 Å². The maximum atomic E-state index is 4.98. The minimum Gasteiger partial charge on any atom is -0.208 e. The standard InChI is InChI=1S/C42H33N3/c1-29(2)30-13-15-35(16-14-30)36-21-27-39(28-22-36)42-44-40(37-23-17-33(18-24-37)31-9-5-3-6-10-31)43-41(45-42)38-25-19-34(20-26-38)32-11-7-4-8-12-32/h3-29H,1-2H3. The number of benzene rings is 6. The van der Waals surface area contributed by atoms with E-state index in [1.54, 1.807) is 0 Å². The molecule has 0 aliphatic rings. The molecule has 7 aromatic rings. The van der Waals surface area contributed by atoms with Gasteiger partial charge in [-0.25, -0.2) is 15.0 Å². The number of aromatic nitrogens is 3. The van der Waals surface area contributed by atoms with Gasteiger partial charge in [0.05, 0.1) is 0 Å². The Morgan fingerprint density at radius 2 is 0.533 bits per heavy atom. The molecule has 0 amide bonds. The molecule has 216 valence electrons. The van der Waals surface area contributed by atoms with Gasteiger partial charge in [-0.2, -0.15) is 0 Å². The Labute approximate surface area is 265 Å². The van der Waals surface area contributed by atoms with Crippen LogP contribution in [0, 0.1) is 0 Å². The van der Waals surface area contributed by atoms with Crippen LogP contribution in [0.2, 0.25) is 0 Å². The summed E-state index contributed by atoms with van der Waals surface area (Å²) in [5.74, 6) is 2.46. The third kappa shape index (κ3) is 6.20. The molecule has 6 aromatic carbocycles. The fourth-order valence-electron chi connectivity index (χ4n) is 5.52. The van der Waals surface area contributed by atoms with Crippen LogP contribution >= 0.6 is 0 Å². The van der Waals surface area contributed by atoms with Crippen LogP contribution in [0.5, 0.6) is 0 Å². The predicted molar refractivity (Wildman–Crippen MR) is 187 cm³/mol. The Hall–Kier alpha value is -5.67. The molecule has 0 N–H and O–H groups in total. The first kappa shape index (κ1) is 28.1. The van der Waals surface area contributed by atoms with Gasteiger partial charge in [-0.15, -0.1) is 0 Å². The van der Waals surface area contributed by atoms with E-state index in [0.717, 1.165) is 33.4 Å². The van der Waals surface area contributed by atoms with Crippen molar-refractivity contribution in [3.8, 4) is 67.5 Å². The first-order valence-corrected chi connectivity index (χ1v) is 15.4. The van der Waals surface area contributed by atoms with Crippen LogP contribution in [0.25, 0.3) is 67.5 Å². The Balaban J connectivity index is 1.26. The average Bonchev–Trinajstić information content (AvgIpc) is 3.12. The molecule has 0 aliphatic heterocycles. The molecule has 0 fully saturated rings. The lowest BCUT2D eigenvalue weighted by Gasteiger charge is -2.11. The van der Waals surface area contributed by atoms with Crippen LogP contribution in [-0.2, 0) is 0 Å². The van der Waals surface area contributed by atoms with Crippen molar-refractivity contribution in [3.05, 3.63) is 163 Å². The van der Waals surface area contributed by atoms with Gasteiger partial charge < -0.3 is 0 Å². The Kier molecular flexibility index (Phi) is 7.82. The monoisotopic (exact) mass is 579 g/mol. The number of rotatable bonds is 7. The zero-order valence-electron chi connectivity index (χ0n) is 25.4. The molecule has 0 spiro atoms. The lowest BCUT2D eigenvalue weighted by atomic mass is 9.98. The second-order valence-electron chi connectivity index (χ2n) is 11.5. The quantitative estimate of drug-likeness (QED) is 0.188. The van der Waals surface area contributed by atoms with E-state index < -0.39 is 0 Å². The van der Waals surface area contributed by atoms with Crippen molar-refractivity contribution in [1.29, 1.82) is 0 Å². The van der Waals surface area contributed by atoms with Crippen molar-refractivity contribution in [2.24, 2.45) is 0 Å². The van der Waals surface area contributed by atoms with Crippen LogP contribution in [0.1, 0.15) is 25.3 Å². The normalized spacial score (nSPS) is 11.1. The van der Waals surface area contributed by atoms with Crippen molar-refractivity contribution >= 4 is 0 Å². The van der Waals surface area contributed by atoms with Gasteiger partial charge in [0.1, 0.15) is 0 Å². The topological polar surface area (TPSA) is 38.7 Å². The third-order valence-electron chi connectivity index (χ3n) is 8.19. The molecule has 0 bridgehead atoms. The fourth-order valence-corrected chi connectivity index (χ4v) is 5.52. The van der Waals surface area contributed by atoms with Crippen molar-refractivity contribution < 1.29 is 0 Å². The van der Waals surface area contributed by atoms with E-state index >= 15 is 0 Å². The molecule has 1 aromatic heterocycles. The van der Waals surface area contributed by atoms with Crippen LogP contribution in [0.4, 0.5) is 0 Å². The van der Waals surface area contributed by atoms with Crippen molar-refractivity contribution in [1.82, 2.24) is 15.0 Å². The van der Waals surface area contributed by atoms with Gasteiger partial charge in [0, 0.05) is 16.7 Å². The van der Waals surface area contributed by atoms with Crippen LogP contribution < -0.4 is 0 Å². The summed E-state index contributed by atoms with van der Waals surface area (Å²) in [6.07, 6.45) is 0. The molecule has 45 heavy (non-hydrogen) atoms. The largest absolute Gasteiger partial charge is 0.208 e. The number of nitrogens with zero attached hydrogens (tertiary/aromatic N) is 3. The highest BCUT2D eigenvalue weighted by atomic mass is 15.0. The highest BCUT2D eigenvalue weighted by Gasteiger charge is 2.13. The summed E-state index contributed by atoms with van der Waals surface area (Å²) in [6, 6.07) is 55.0. The highest BCUT2D eigenvalue weighted by Crippen LogP contribution is 2.30. The van der Waals surface area contributed by atoms with Gasteiger partial charge in [0.2, 0.25) is 0 Å². The molecule has 0 unspecified atom stereocenters. The van der Waals surface area contributed by atoms with E-state index in [2.05, 4.69) is 159 Å². The van der Waals surface area contributed by atoms with Gasteiger partial charge in [-0.05, 0) is 44.9 Å². The molecule has 0 saturated carbocycles. The van der Waals surface area contributed by atoms with E-state index in [1.807, 2.05) is 12.1 Å². The number of hydrogen-bond acceptors (Lipinski definition) is 3. The van der Waals surface area contributed by atoms with Gasteiger partial charge in [-0.1, -0.05) is 172 Å². The predicted octanol–water partition coefficient (Wildman–Crippen LogP) is 11.0. The van der Waals surface area contributed by atoms with Crippen molar-refractivity contribution in [2.45, 2.75) is 19.8 Å². The maximum Gasteiger partial charge on any atom is 0.164 e. The highest BCUT2D eigenvalue weighted by molar-refractivity contribution is 5.73.